The lowest BCUT2D eigenvalue weighted by atomic mass is 10.1. The molecule has 0 aliphatic heterocycles. The molecular weight excluding hydrogens is 413 g/mol. The first-order valence-corrected chi connectivity index (χ1v) is 7.18. The number of carboxylic acid groups (broad SMARTS) is 1. The molecule has 1 N–H and O–H groups in total. The van der Waals surface area contributed by atoms with Gasteiger partial charge in [0.25, 0.3) is 5.91 Å². The van der Waals surface area contributed by atoms with E-state index in [4.69, 9.17) is 5.11 Å². The minimum absolute atomic E-state index is 0.164. The molecule has 98 valence electrons. The number of nitrogens with zero attached hydrogens (tertiary/aromatic N) is 1. The quantitative estimate of drug-likeness (QED) is 0.754. The lowest BCUT2D eigenvalue weighted by molar-refractivity contribution is -0.138. The molecule has 1 amide bonds. The molecule has 1 aromatic carbocycles. The van der Waals surface area contributed by atoms with Gasteiger partial charge in [-0.3, -0.25) is 9.59 Å². The molecule has 0 saturated heterocycles. The number of hydrogen-bond acceptors (Lipinski definition) is 2. The van der Waals surface area contributed by atoms with Crippen molar-refractivity contribution in [3.63, 3.8) is 0 Å². The fraction of sp³-hybridized carbons (Fsp3) is 0.333. The standard InChI is InChI=1S/C12H13BrINO3/c1-7(2)15(6-11(16)17)12(18)9-5-8(13)3-4-10(9)14/h3-5,7H,6H2,1-2H3,(H,16,17). The Morgan fingerprint density at radius 1 is 1.44 bits per heavy atom. The Morgan fingerprint density at radius 3 is 2.56 bits per heavy atom. The minimum atomic E-state index is -1.01. The number of halogens is 2. The van der Waals surface area contributed by atoms with Crippen LogP contribution < -0.4 is 0 Å². The second kappa shape index (κ2) is 6.51. The number of benzene rings is 1. The molecule has 0 unspecified atom stereocenters. The van der Waals surface area contributed by atoms with Gasteiger partial charge < -0.3 is 10.0 Å². The van der Waals surface area contributed by atoms with Gasteiger partial charge in [-0.05, 0) is 54.6 Å². The van der Waals surface area contributed by atoms with Gasteiger partial charge in [-0.2, -0.15) is 0 Å². The molecule has 0 aromatic heterocycles. The number of carboxylic acids is 1. The van der Waals surface area contributed by atoms with Crippen LogP contribution in [0.2, 0.25) is 0 Å². The Hall–Kier alpha value is -0.630. The SMILES string of the molecule is CC(C)N(CC(=O)O)C(=O)c1cc(Br)ccc1I. The first-order chi connectivity index (χ1) is 8.32. The summed E-state index contributed by atoms with van der Waals surface area (Å²) in [5.41, 5.74) is 0.514. The molecule has 4 nitrogen and oxygen atoms in total. The monoisotopic (exact) mass is 425 g/mol. The first kappa shape index (κ1) is 15.4. The van der Waals surface area contributed by atoms with Crippen molar-refractivity contribution in [2.45, 2.75) is 19.9 Å². The van der Waals surface area contributed by atoms with E-state index in [0.717, 1.165) is 8.04 Å². The molecule has 0 radical (unpaired) electrons. The van der Waals surface area contributed by atoms with E-state index in [1.165, 1.54) is 4.90 Å². The number of amides is 1. The highest BCUT2D eigenvalue weighted by Gasteiger charge is 2.23. The molecule has 0 spiro atoms. The summed E-state index contributed by atoms with van der Waals surface area (Å²) in [6.45, 7) is 3.30. The largest absolute Gasteiger partial charge is 0.480 e. The molecule has 6 heteroatoms. The van der Waals surface area contributed by atoms with Crippen LogP contribution in [0.1, 0.15) is 24.2 Å². The Morgan fingerprint density at radius 2 is 2.06 bits per heavy atom. The van der Waals surface area contributed by atoms with E-state index in [1.807, 2.05) is 12.1 Å². The van der Waals surface area contributed by atoms with Gasteiger partial charge in [0.1, 0.15) is 6.54 Å². The van der Waals surface area contributed by atoms with Crippen molar-refractivity contribution in [2.24, 2.45) is 0 Å². The van der Waals surface area contributed by atoms with Crippen molar-refractivity contribution in [1.82, 2.24) is 4.90 Å². The van der Waals surface area contributed by atoms with E-state index in [9.17, 15) is 9.59 Å². The van der Waals surface area contributed by atoms with Gasteiger partial charge in [0.15, 0.2) is 0 Å². The predicted octanol–water partition coefficient (Wildman–Crippen LogP) is 2.99. The van der Waals surface area contributed by atoms with Gasteiger partial charge in [0.05, 0.1) is 5.56 Å². The van der Waals surface area contributed by atoms with Gasteiger partial charge in [0.2, 0.25) is 0 Å². The third-order valence-electron chi connectivity index (χ3n) is 2.35. The summed E-state index contributed by atoms with van der Waals surface area (Å²) >= 11 is 5.38. The van der Waals surface area contributed by atoms with Crippen molar-refractivity contribution in [3.05, 3.63) is 31.8 Å². The second-order valence-electron chi connectivity index (χ2n) is 4.04. The lowest BCUT2D eigenvalue weighted by Crippen LogP contribution is -2.41. The molecule has 0 heterocycles. The van der Waals surface area contributed by atoms with Gasteiger partial charge in [-0.1, -0.05) is 15.9 Å². The summed E-state index contributed by atoms with van der Waals surface area (Å²) in [6.07, 6.45) is 0. The average molecular weight is 426 g/mol. The zero-order valence-corrected chi connectivity index (χ0v) is 13.7. The first-order valence-electron chi connectivity index (χ1n) is 5.30. The van der Waals surface area contributed by atoms with Crippen LogP contribution in [-0.2, 0) is 4.79 Å². The lowest BCUT2D eigenvalue weighted by Gasteiger charge is -2.25. The third kappa shape index (κ3) is 3.94. The van der Waals surface area contributed by atoms with Crippen LogP contribution >= 0.6 is 38.5 Å². The second-order valence-corrected chi connectivity index (χ2v) is 6.12. The highest BCUT2D eigenvalue weighted by molar-refractivity contribution is 14.1. The molecule has 0 saturated carbocycles. The van der Waals surface area contributed by atoms with Gasteiger partial charge >= 0.3 is 5.97 Å². The van der Waals surface area contributed by atoms with Crippen molar-refractivity contribution < 1.29 is 14.7 Å². The number of hydrogen-bond donors (Lipinski definition) is 1. The van der Waals surface area contributed by atoms with Crippen molar-refractivity contribution in [2.75, 3.05) is 6.54 Å². The number of carbonyl (C=O) groups excluding carboxylic acids is 1. The minimum Gasteiger partial charge on any atom is -0.480 e. The fourth-order valence-corrected chi connectivity index (χ4v) is 2.38. The third-order valence-corrected chi connectivity index (χ3v) is 3.78. The number of rotatable bonds is 4. The van der Waals surface area contributed by atoms with E-state index in [1.54, 1.807) is 19.9 Å². The Bertz CT molecular complexity index is 476. The maximum atomic E-state index is 12.3. The summed E-state index contributed by atoms with van der Waals surface area (Å²) in [5, 5.41) is 8.85. The molecular formula is C12H13BrINO3. The number of carbonyl (C=O) groups is 2. The summed E-state index contributed by atoms with van der Waals surface area (Å²) in [5.74, 6) is -1.28. The van der Waals surface area contributed by atoms with Crippen LogP contribution in [0.5, 0.6) is 0 Å². The van der Waals surface area contributed by atoms with E-state index in [2.05, 4.69) is 38.5 Å². The van der Waals surface area contributed by atoms with Crippen LogP contribution in [0.3, 0.4) is 0 Å². The zero-order chi connectivity index (χ0) is 13.9. The van der Waals surface area contributed by atoms with Crippen molar-refractivity contribution in [1.29, 1.82) is 0 Å². The smallest absolute Gasteiger partial charge is 0.323 e. The van der Waals surface area contributed by atoms with Gasteiger partial charge in [-0.15, -0.1) is 0 Å². The summed E-state index contributed by atoms with van der Waals surface area (Å²) in [6, 6.07) is 5.21. The van der Waals surface area contributed by atoms with Crippen LogP contribution in [0.4, 0.5) is 0 Å². The average Bonchev–Trinajstić information content (AvgIpc) is 2.27. The Kier molecular flexibility index (Phi) is 5.58. The predicted molar refractivity (Wildman–Crippen MR) is 80.7 cm³/mol. The molecule has 1 rings (SSSR count). The summed E-state index contributed by atoms with van der Waals surface area (Å²) in [7, 11) is 0. The van der Waals surface area contributed by atoms with Crippen LogP contribution in [0, 0.1) is 3.57 Å². The molecule has 0 aliphatic carbocycles. The van der Waals surface area contributed by atoms with Gasteiger partial charge in [0, 0.05) is 14.1 Å². The van der Waals surface area contributed by atoms with Crippen molar-refractivity contribution in [3.8, 4) is 0 Å². The normalized spacial score (nSPS) is 10.5. The Balaban J connectivity index is 3.09. The highest BCUT2D eigenvalue weighted by Crippen LogP contribution is 2.20. The summed E-state index contributed by atoms with van der Waals surface area (Å²) < 4.78 is 1.60. The van der Waals surface area contributed by atoms with E-state index in [0.29, 0.717) is 5.56 Å². The maximum absolute atomic E-state index is 12.3. The van der Waals surface area contributed by atoms with E-state index < -0.39 is 5.97 Å². The van der Waals surface area contributed by atoms with Crippen molar-refractivity contribution >= 4 is 50.4 Å². The molecule has 0 atom stereocenters. The number of aliphatic carboxylic acids is 1. The van der Waals surface area contributed by atoms with Gasteiger partial charge in [-0.25, -0.2) is 0 Å². The summed E-state index contributed by atoms with van der Waals surface area (Å²) in [4.78, 5) is 24.5. The van der Waals surface area contributed by atoms with Crippen LogP contribution in [0.15, 0.2) is 22.7 Å². The topological polar surface area (TPSA) is 57.6 Å². The molecule has 1 aromatic rings. The van der Waals surface area contributed by atoms with Crippen LogP contribution in [-0.4, -0.2) is 34.5 Å². The Labute approximate surface area is 128 Å². The fourth-order valence-electron chi connectivity index (χ4n) is 1.45. The maximum Gasteiger partial charge on any atom is 0.323 e. The molecule has 18 heavy (non-hydrogen) atoms. The van der Waals surface area contributed by atoms with E-state index in [-0.39, 0.29) is 18.5 Å². The molecule has 0 fully saturated rings. The highest BCUT2D eigenvalue weighted by atomic mass is 127. The van der Waals surface area contributed by atoms with E-state index >= 15 is 0 Å². The molecule has 0 aliphatic rings. The molecule has 0 bridgehead atoms. The zero-order valence-electron chi connectivity index (χ0n) is 9.98. The van der Waals surface area contributed by atoms with Crippen LogP contribution in [0.25, 0.3) is 0 Å².